The smallest absolute Gasteiger partial charge is 0.270 e. The minimum atomic E-state index is -0.483. The highest BCUT2D eigenvalue weighted by atomic mass is 35.5. The van der Waals surface area contributed by atoms with Crippen LogP contribution in [0.1, 0.15) is 33.6 Å². The highest BCUT2D eigenvalue weighted by molar-refractivity contribution is 8.08. The van der Waals surface area contributed by atoms with Gasteiger partial charge < -0.3 is 4.98 Å². The summed E-state index contributed by atoms with van der Waals surface area (Å²) in [6, 6.07) is 7.03. The summed E-state index contributed by atoms with van der Waals surface area (Å²) in [5.41, 5.74) is 1.32. The lowest BCUT2D eigenvalue weighted by Crippen LogP contribution is -2.16. The van der Waals surface area contributed by atoms with Crippen LogP contribution in [0.4, 0.5) is 0 Å². The fourth-order valence-electron chi connectivity index (χ4n) is 2.42. The molecular weight excluding hydrogens is 390 g/mol. The lowest BCUT2D eigenvalue weighted by Gasteiger charge is -2.07. The molecule has 1 aliphatic heterocycles. The van der Waals surface area contributed by atoms with Gasteiger partial charge in [0.2, 0.25) is 0 Å². The number of nitriles is 1. The van der Waals surface area contributed by atoms with E-state index in [1.807, 2.05) is 19.1 Å². The van der Waals surface area contributed by atoms with Crippen molar-refractivity contribution in [3.63, 3.8) is 0 Å². The molecule has 26 heavy (non-hydrogen) atoms. The van der Waals surface area contributed by atoms with Gasteiger partial charge in [-0.05, 0) is 37.1 Å². The summed E-state index contributed by atoms with van der Waals surface area (Å²) < 4.78 is 0. The molecule has 3 rings (SSSR count). The first-order chi connectivity index (χ1) is 12.5. The average Bonchev–Trinajstić information content (AvgIpc) is 3.16. The minimum absolute atomic E-state index is 0.00894. The second-order valence-electron chi connectivity index (χ2n) is 5.59. The molecule has 0 saturated heterocycles. The molecule has 2 heterocycles. The Kier molecular flexibility index (Phi) is 5.87. The number of aryl methyl sites for hydroxylation is 1. The van der Waals surface area contributed by atoms with E-state index in [2.05, 4.69) is 9.97 Å². The predicted octanol–water partition coefficient (Wildman–Crippen LogP) is 4.06. The summed E-state index contributed by atoms with van der Waals surface area (Å²) in [7, 11) is 0. The van der Waals surface area contributed by atoms with Gasteiger partial charge >= 0.3 is 0 Å². The van der Waals surface area contributed by atoms with Gasteiger partial charge in [-0.2, -0.15) is 5.26 Å². The molecule has 132 valence electrons. The molecule has 0 radical (unpaired) electrons. The van der Waals surface area contributed by atoms with Gasteiger partial charge in [0, 0.05) is 21.2 Å². The maximum Gasteiger partial charge on any atom is 0.270 e. The highest BCUT2D eigenvalue weighted by Gasteiger charge is 2.19. The molecule has 0 saturated carbocycles. The van der Waals surface area contributed by atoms with Crippen molar-refractivity contribution in [3.8, 4) is 6.07 Å². The van der Waals surface area contributed by atoms with Crippen LogP contribution in [0, 0.1) is 18.3 Å². The molecule has 0 aliphatic carbocycles. The molecule has 1 aromatic carbocycles. The number of rotatable bonds is 5. The van der Waals surface area contributed by atoms with Crippen molar-refractivity contribution < 1.29 is 4.79 Å². The number of benzene rings is 1. The van der Waals surface area contributed by atoms with Crippen LogP contribution in [0.15, 0.2) is 34.2 Å². The highest BCUT2D eigenvalue weighted by Crippen LogP contribution is 2.34. The van der Waals surface area contributed by atoms with Crippen LogP contribution in [0.5, 0.6) is 0 Å². The van der Waals surface area contributed by atoms with Crippen LogP contribution in [0.25, 0.3) is 4.91 Å². The molecule has 1 aliphatic rings. The van der Waals surface area contributed by atoms with Gasteiger partial charge in [0.05, 0.1) is 5.75 Å². The Morgan fingerprint density at radius 3 is 2.96 bits per heavy atom. The molecule has 0 amide bonds. The second kappa shape index (κ2) is 8.12. The second-order valence-corrected chi connectivity index (χ2v) is 8.10. The van der Waals surface area contributed by atoms with E-state index in [1.165, 1.54) is 0 Å². The monoisotopic (exact) mass is 403 g/mol. The van der Waals surface area contributed by atoms with Crippen LogP contribution >= 0.6 is 35.1 Å². The molecule has 1 N–H and O–H groups in total. The summed E-state index contributed by atoms with van der Waals surface area (Å²) >= 11 is 8.70. The van der Waals surface area contributed by atoms with E-state index in [1.54, 1.807) is 30.0 Å². The normalized spacial score (nSPS) is 13.3. The first-order valence-corrected chi connectivity index (χ1v) is 10.1. The first kappa shape index (κ1) is 18.8. The van der Waals surface area contributed by atoms with Crippen molar-refractivity contribution in [2.45, 2.75) is 18.5 Å². The number of nitrogens with one attached hydrogen (secondary N) is 1. The fraction of sp³-hybridized carbons (Fsp3) is 0.222. The van der Waals surface area contributed by atoms with Gasteiger partial charge in [-0.1, -0.05) is 29.4 Å². The van der Waals surface area contributed by atoms with E-state index in [4.69, 9.17) is 11.6 Å². The molecule has 0 atom stereocenters. The zero-order valence-corrected chi connectivity index (χ0v) is 16.2. The molecule has 0 bridgehead atoms. The Labute approximate surface area is 163 Å². The number of allylic oxidation sites excluding steroid dienone is 1. The maximum atomic E-state index is 12.4. The summed E-state index contributed by atoms with van der Waals surface area (Å²) in [4.78, 5) is 32.4. The molecule has 1 aromatic heterocycles. The van der Waals surface area contributed by atoms with E-state index in [0.29, 0.717) is 21.4 Å². The number of halogens is 1. The van der Waals surface area contributed by atoms with Gasteiger partial charge in [-0.3, -0.25) is 9.59 Å². The molecule has 0 unspecified atom stereocenters. The van der Waals surface area contributed by atoms with Crippen molar-refractivity contribution in [1.29, 1.82) is 5.26 Å². The van der Waals surface area contributed by atoms with Crippen LogP contribution in [-0.2, 0) is 0 Å². The predicted molar refractivity (Wildman–Crippen MR) is 106 cm³/mol. The van der Waals surface area contributed by atoms with Gasteiger partial charge in [0.15, 0.2) is 10.9 Å². The minimum Gasteiger partial charge on any atom is -0.300 e. The number of Topliss-reactive ketones (excluding diaryl/α,β-unsaturated/α-hetero) is 1. The van der Waals surface area contributed by atoms with Gasteiger partial charge in [0.1, 0.15) is 17.3 Å². The third kappa shape index (κ3) is 4.04. The van der Waals surface area contributed by atoms with Crippen molar-refractivity contribution in [3.05, 3.63) is 62.0 Å². The Hall–Kier alpha value is -2.01. The third-order valence-electron chi connectivity index (χ3n) is 3.77. The van der Waals surface area contributed by atoms with Crippen LogP contribution in [0.3, 0.4) is 0 Å². The number of nitrogens with zero attached hydrogens (tertiary/aromatic N) is 2. The SMILES string of the molecule is Cc1cc(C(=O)CSc2nc(C3=CCCS3)c(C#N)c(=O)[nH]2)ccc1Cl. The van der Waals surface area contributed by atoms with E-state index < -0.39 is 5.56 Å². The Morgan fingerprint density at radius 1 is 1.50 bits per heavy atom. The fourth-order valence-corrected chi connectivity index (χ4v) is 4.27. The topological polar surface area (TPSA) is 86.6 Å². The summed E-state index contributed by atoms with van der Waals surface area (Å²) in [6.45, 7) is 1.84. The summed E-state index contributed by atoms with van der Waals surface area (Å²) in [5, 5.41) is 10.2. The van der Waals surface area contributed by atoms with Crippen LogP contribution in [-0.4, -0.2) is 27.3 Å². The number of aromatic amines is 1. The molecule has 8 heteroatoms. The maximum absolute atomic E-state index is 12.4. The van der Waals surface area contributed by atoms with Gasteiger partial charge in [-0.25, -0.2) is 4.98 Å². The first-order valence-electron chi connectivity index (χ1n) is 7.79. The largest absolute Gasteiger partial charge is 0.300 e. The number of hydrogen-bond acceptors (Lipinski definition) is 6. The summed E-state index contributed by atoms with van der Waals surface area (Å²) in [5.74, 6) is 0.949. The number of hydrogen-bond donors (Lipinski definition) is 1. The van der Waals surface area contributed by atoms with Crippen molar-refractivity contribution >= 4 is 45.8 Å². The average molecular weight is 404 g/mol. The zero-order valence-electron chi connectivity index (χ0n) is 13.8. The van der Waals surface area contributed by atoms with E-state index in [-0.39, 0.29) is 17.1 Å². The lowest BCUT2D eigenvalue weighted by molar-refractivity contribution is 0.102. The molecule has 5 nitrogen and oxygen atoms in total. The van der Waals surface area contributed by atoms with Crippen molar-refractivity contribution in [2.24, 2.45) is 0 Å². The van der Waals surface area contributed by atoms with Crippen molar-refractivity contribution in [2.75, 3.05) is 11.5 Å². The summed E-state index contributed by atoms with van der Waals surface area (Å²) in [6.07, 6.45) is 2.86. The molecule has 0 fully saturated rings. The number of thioether (sulfide) groups is 2. The van der Waals surface area contributed by atoms with E-state index >= 15 is 0 Å². The Bertz CT molecular complexity index is 1010. The van der Waals surface area contributed by atoms with Gasteiger partial charge in [0.25, 0.3) is 5.56 Å². The molecule has 0 spiro atoms. The van der Waals surface area contributed by atoms with Crippen molar-refractivity contribution in [1.82, 2.24) is 9.97 Å². The third-order valence-corrected chi connectivity index (χ3v) is 6.18. The molecule has 2 aromatic rings. The number of aromatic nitrogens is 2. The quantitative estimate of drug-likeness (QED) is 0.460. The Balaban J connectivity index is 1.82. The number of carbonyl (C=O) groups is 1. The standard InChI is InChI=1S/C18H14ClN3O2S2/c1-10-7-11(4-5-13(10)19)14(23)9-26-18-21-16(15-3-2-6-25-15)12(8-20)17(24)22-18/h3-5,7H,2,6,9H2,1H3,(H,21,22,24). The van der Waals surface area contributed by atoms with Crippen LogP contribution < -0.4 is 5.56 Å². The Morgan fingerprint density at radius 2 is 2.31 bits per heavy atom. The van der Waals surface area contributed by atoms with E-state index in [0.717, 1.165) is 34.4 Å². The number of ketones is 1. The van der Waals surface area contributed by atoms with Gasteiger partial charge in [-0.15, -0.1) is 11.8 Å². The number of H-pyrrole nitrogens is 1. The number of carbonyl (C=O) groups excluding carboxylic acids is 1. The van der Waals surface area contributed by atoms with Crippen LogP contribution in [0.2, 0.25) is 5.02 Å². The lowest BCUT2D eigenvalue weighted by atomic mass is 10.1. The van der Waals surface area contributed by atoms with E-state index in [9.17, 15) is 14.9 Å². The molecular formula is C18H14ClN3O2S2. The zero-order chi connectivity index (χ0) is 18.7.